The summed E-state index contributed by atoms with van der Waals surface area (Å²) >= 11 is 4.86. The molecule has 2 aromatic rings. The summed E-state index contributed by atoms with van der Waals surface area (Å²) in [5, 5.41) is 21.5. The van der Waals surface area contributed by atoms with Crippen molar-refractivity contribution in [3.05, 3.63) is 59.2 Å². The number of hydrogen-bond acceptors (Lipinski definition) is 4. The summed E-state index contributed by atoms with van der Waals surface area (Å²) in [6.07, 6.45) is 0. The summed E-state index contributed by atoms with van der Waals surface area (Å²) < 4.78 is 0. The lowest BCUT2D eigenvalue weighted by Crippen LogP contribution is -2.22. The first-order chi connectivity index (χ1) is 9.97. The van der Waals surface area contributed by atoms with E-state index in [4.69, 9.17) is 18.0 Å². The number of carbonyl (C=O) groups is 1. The molecule has 0 aliphatic heterocycles. The fraction of sp³-hybridized carbons (Fsp3) is 0.0667. The third-order valence-electron chi connectivity index (χ3n) is 2.92. The van der Waals surface area contributed by atoms with Crippen molar-refractivity contribution in [2.45, 2.75) is 6.54 Å². The quantitative estimate of drug-likeness (QED) is 0.644. The van der Waals surface area contributed by atoms with Gasteiger partial charge in [-0.25, -0.2) is 0 Å². The van der Waals surface area contributed by atoms with E-state index in [-0.39, 0.29) is 17.1 Å². The number of nitrogens with one attached hydrogen (secondary N) is 1. The number of hydrogen-bond donors (Lipinski definition) is 4. The van der Waals surface area contributed by atoms with Crippen molar-refractivity contribution in [2.75, 3.05) is 0 Å². The first-order valence-electron chi connectivity index (χ1n) is 6.16. The maximum absolute atomic E-state index is 11.9. The van der Waals surface area contributed by atoms with Crippen LogP contribution in [0.5, 0.6) is 11.5 Å². The van der Waals surface area contributed by atoms with Crippen LogP contribution in [0, 0.1) is 0 Å². The predicted octanol–water partition coefficient (Wildman–Crippen LogP) is 1.66. The third-order valence-corrected chi connectivity index (χ3v) is 3.15. The summed E-state index contributed by atoms with van der Waals surface area (Å²) in [5.41, 5.74) is 7.25. The van der Waals surface area contributed by atoms with Crippen molar-refractivity contribution < 1.29 is 15.0 Å². The molecule has 0 saturated heterocycles. The zero-order valence-electron chi connectivity index (χ0n) is 11.0. The van der Waals surface area contributed by atoms with Crippen LogP contribution in [0.1, 0.15) is 21.5 Å². The molecular formula is C15H14N2O3S. The van der Waals surface area contributed by atoms with E-state index in [1.807, 2.05) is 12.1 Å². The van der Waals surface area contributed by atoms with Gasteiger partial charge in [0.25, 0.3) is 5.91 Å². The van der Waals surface area contributed by atoms with Crippen LogP contribution in [0.25, 0.3) is 0 Å². The van der Waals surface area contributed by atoms with E-state index in [2.05, 4.69) is 5.32 Å². The summed E-state index contributed by atoms with van der Waals surface area (Å²) in [6.45, 7) is 0.302. The number of thiocarbonyl (C=S) groups is 1. The monoisotopic (exact) mass is 302 g/mol. The van der Waals surface area contributed by atoms with Crippen LogP contribution < -0.4 is 11.1 Å². The zero-order valence-corrected chi connectivity index (χ0v) is 11.9. The molecule has 108 valence electrons. The van der Waals surface area contributed by atoms with Gasteiger partial charge in [0.2, 0.25) is 0 Å². The summed E-state index contributed by atoms with van der Waals surface area (Å²) in [4.78, 5) is 12.3. The van der Waals surface area contributed by atoms with Crippen molar-refractivity contribution in [3.8, 4) is 11.5 Å². The van der Waals surface area contributed by atoms with Crippen LogP contribution >= 0.6 is 12.2 Å². The molecule has 21 heavy (non-hydrogen) atoms. The average Bonchev–Trinajstić information content (AvgIpc) is 2.45. The summed E-state index contributed by atoms with van der Waals surface area (Å²) in [6, 6.07) is 11.0. The van der Waals surface area contributed by atoms with E-state index >= 15 is 0 Å². The van der Waals surface area contributed by atoms with E-state index < -0.39 is 5.91 Å². The van der Waals surface area contributed by atoms with Gasteiger partial charge in [-0.05, 0) is 17.7 Å². The maximum Gasteiger partial charge on any atom is 0.255 e. The largest absolute Gasteiger partial charge is 0.508 e. The van der Waals surface area contributed by atoms with Crippen LogP contribution in [0.2, 0.25) is 0 Å². The molecule has 0 saturated carbocycles. The molecule has 0 radical (unpaired) electrons. The number of benzene rings is 2. The molecule has 0 spiro atoms. The van der Waals surface area contributed by atoms with Gasteiger partial charge in [-0.1, -0.05) is 36.5 Å². The van der Waals surface area contributed by atoms with E-state index in [0.29, 0.717) is 11.5 Å². The molecule has 2 aromatic carbocycles. The molecule has 0 bridgehead atoms. The summed E-state index contributed by atoms with van der Waals surface area (Å²) in [5.74, 6) is -0.792. The Balaban J connectivity index is 2.02. The number of phenolic OH excluding ortho intramolecular Hbond substituents is 2. The van der Waals surface area contributed by atoms with Gasteiger partial charge in [0.05, 0.1) is 5.56 Å². The average molecular weight is 302 g/mol. The minimum atomic E-state index is -0.425. The summed E-state index contributed by atoms with van der Waals surface area (Å²) in [7, 11) is 0. The zero-order chi connectivity index (χ0) is 15.4. The van der Waals surface area contributed by atoms with Gasteiger partial charge in [-0.3, -0.25) is 4.79 Å². The number of amides is 1. The van der Waals surface area contributed by atoms with Crippen LogP contribution in [0.15, 0.2) is 42.5 Å². The number of rotatable bonds is 4. The molecule has 0 aliphatic rings. The molecule has 0 fully saturated rings. The molecule has 5 N–H and O–H groups in total. The van der Waals surface area contributed by atoms with Gasteiger partial charge < -0.3 is 21.3 Å². The molecule has 0 aliphatic carbocycles. The minimum Gasteiger partial charge on any atom is -0.508 e. The van der Waals surface area contributed by atoms with Crippen molar-refractivity contribution >= 4 is 23.1 Å². The molecule has 0 aromatic heterocycles. The van der Waals surface area contributed by atoms with Gasteiger partial charge in [0.15, 0.2) is 0 Å². The van der Waals surface area contributed by atoms with Crippen LogP contribution in [-0.4, -0.2) is 21.1 Å². The number of nitrogens with two attached hydrogens (primary N) is 1. The van der Waals surface area contributed by atoms with Gasteiger partial charge in [0.1, 0.15) is 16.5 Å². The Morgan fingerprint density at radius 3 is 2.38 bits per heavy atom. The fourth-order valence-corrected chi connectivity index (χ4v) is 1.91. The maximum atomic E-state index is 11.9. The first-order valence-corrected chi connectivity index (χ1v) is 6.57. The minimum absolute atomic E-state index is 0.0996. The van der Waals surface area contributed by atoms with E-state index in [1.165, 1.54) is 12.1 Å². The predicted molar refractivity (Wildman–Crippen MR) is 83.3 cm³/mol. The Hall–Kier alpha value is -2.60. The molecular weight excluding hydrogens is 288 g/mol. The highest BCUT2D eigenvalue weighted by atomic mass is 32.1. The highest BCUT2D eigenvalue weighted by Gasteiger charge is 2.11. The Kier molecular flexibility index (Phi) is 4.39. The van der Waals surface area contributed by atoms with Gasteiger partial charge in [-0.15, -0.1) is 0 Å². The smallest absolute Gasteiger partial charge is 0.255 e. The van der Waals surface area contributed by atoms with Gasteiger partial charge in [0, 0.05) is 18.2 Å². The highest BCUT2D eigenvalue weighted by molar-refractivity contribution is 7.80. The molecule has 0 unspecified atom stereocenters. The standard InChI is InChI=1S/C15H14N2O3S/c16-14(21)10-3-1-9(2-4-10)8-17-15(20)12-6-5-11(18)7-13(12)19/h1-7,18-19H,8H2,(H2,16,21)(H,17,20). The van der Waals surface area contributed by atoms with E-state index in [9.17, 15) is 15.0 Å². The Labute approximate surface area is 127 Å². The van der Waals surface area contributed by atoms with Crippen molar-refractivity contribution in [3.63, 3.8) is 0 Å². The Morgan fingerprint density at radius 1 is 1.14 bits per heavy atom. The van der Waals surface area contributed by atoms with Crippen LogP contribution in [0.4, 0.5) is 0 Å². The molecule has 2 rings (SSSR count). The second-order valence-electron chi connectivity index (χ2n) is 4.45. The first kappa shape index (κ1) is 14.8. The second-order valence-corrected chi connectivity index (χ2v) is 4.89. The van der Waals surface area contributed by atoms with Gasteiger partial charge >= 0.3 is 0 Å². The third kappa shape index (κ3) is 3.70. The molecule has 1 amide bonds. The van der Waals surface area contributed by atoms with E-state index in [0.717, 1.165) is 17.2 Å². The number of phenols is 2. The van der Waals surface area contributed by atoms with Crippen LogP contribution in [-0.2, 0) is 6.54 Å². The van der Waals surface area contributed by atoms with Crippen molar-refractivity contribution in [2.24, 2.45) is 5.73 Å². The lowest BCUT2D eigenvalue weighted by molar-refractivity contribution is 0.0948. The van der Waals surface area contributed by atoms with Gasteiger partial charge in [-0.2, -0.15) is 0 Å². The Morgan fingerprint density at radius 2 is 1.81 bits per heavy atom. The molecule has 0 heterocycles. The Bertz CT molecular complexity index is 684. The molecule has 0 atom stereocenters. The fourth-order valence-electron chi connectivity index (χ4n) is 1.78. The topological polar surface area (TPSA) is 95.6 Å². The molecule has 6 heteroatoms. The second kappa shape index (κ2) is 6.23. The van der Waals surface area contributed by atoms with Crippen molar-refractivity contribution in [1.29, 1.82) is 0 Å². The normalized spacial score (nSPS) is 10.1. The number of aromatic hydroxyl groups is 2. The molecule has 5 nitrogen and oxygen atoms in total. The number of carbonyl (C=O) groups excluding carboxylic acids is 1. The van der Waals surface area contributed by atoms with Crippen LogP contribution in [0.3, 0.4) is 0 Å². The van der Waals surface area contributed by atoms with Crippen molar-refractivity contribution in [1.82, 2.24) is 5.32 Å². The SMILES string of the molecule is NC(=S)c1ccc(CNC(=O)c2ccc(O)cc2O)cc1. The highest BCUT2D eigenvalue weighted by Crippen LogP contribution is 2.22. The lowest BCUT2D eigenvalue weighted by Gasteiger charge is -2.08. The van der Waals surface area contributed by atoms with E-state index in [1.54, 1.807) is 12.1 Å². The lowest BCUT2D eigenvalue weighted by atomic mass is 10.1.